The van der Waals surface area contributed by atoms with Crippen molar-refractivity contribution >= 4 is 27.3 Å². The highest BCUT2D eigenvalue weighted by atomic mass is 35.5. The highest BCUT2D eigenvalue weighted by Crippen LogP contribution is 2.38. The van der Waals surface area contributed by atoms with E-state index in [0.717, 1.165) is 34.5 Å². The standard InChI is InChI=1S/C18H19ClN2O4S/c1-11-4-12-7-16(26(20,22)23)2-3-17(12)21(11)8-13-5-15(19)6-14-9-24-10-25-18(13)14/h2-3,5-7,11H,4,8-10H2,1H3,(H2,20,22,23)/t11-/m1/s1. The summed E-state index contributed by atoms with van der Waals surface area (Å²) in [7, 11) is -3.71. The molecule has 0 saturated heterocycles. The lowest BCUT2D eigenvalue weighted by Crippen LogP contribution is -2.29. The molecule has 138 valence electrons. The van der Waals surface area contributed by atoms with Gasteiger partial charge in [-0.1, -0.05) is 11.6 Å². The summed E-state index contributed by atoms with van der Waals surface area (Å²) in [4.78, 5) is 2.37. The molecule has 1 atom stereocenters. The molecule has 0 aromatic heterocycles. The minimum Gasteiger partial charge on any atom is -0.467 e. The number of rotatable bonds is 3. The molecule has 0 radical (unpaired) electrons. The van der Waals surface area contributed by atoms with Crippen molar-refractivity contribution < 1.29 is 17.9 Å². The quantitative estimate of drug-likeness (QED) is 0.865. The van der Waals surface area contributed by atoms with Crippen LogP contribution in [0.5, 0.6) is 5.75 Å². The molecule has 0 amide bonds. The molecule has 8 heteroatoms. The van der Waals surface area contributed by atoms with Crippen molar-refractivity contribution in [2.75, 3.05) is 11.7 Å². The van der Waals surface area contributed by atoms with Crippen LogP contribution >= 0.6 is 11.6 Å². The van der Waals surface area contributed by atoms with Gasteiger partial charge in [0.1, 0.15) is 5.75 Å². The number of nitrogens with zero attached hydrogens (tertiary/aromatic N) is 1. The van der Waals surface area contributed by atoms with Gasteiger partial charge in [0.05, 0.1) is 11.5 Å². The fourth-order valence-electron chi connectivity index (χ4n) is 3.65. The molecule has 0 aliphatic carbocycles. The number of hydrogen-bond donors (Lipinski definition) is 1. The number of nitrogens with two attached hydrogens (primary N) is 1. The summed E-state index contributed by atoms with van der Waals surface area (Å²) in [6, 6.07) is 9.03. The summed E-state index contributed by atoms with van der Waals surface area (Å²) in [5.74, 6) is 0.822. The van der Waals surface area contributed by atoms with Gasteiger partial charge in [0.2, 0.25) is 10.0 Å². The lowest BCUT2D eigenvalue weighted by Gasteiger charge is -2.28. The van der Waals surface area contributed by atoms with E-state index >= 15 is 0 Å². The van der Waals surface area contributed by atoms with Crippen LogP contribution in [-0.2, 0) is 34.3 Å². The van der Waals surface area contributed by atoms with E-state index in [9.17, 15) is 8.42 Å². The molecule has 2 heterocycles. The lowest BCUT2D eigenvalue weighted by molar-refractivity contribution is -0.0170. The van der Waals surface area contributed by atoms with Crippen LogP contribution in [0.3, 0.4) is 0 Å². The Balaban J connectivity index is 1.70. The number of sulfonamides is 1. The Labute approximate surface area is 157 Å². The highest BCUT2D eigenvalue weighted by molar-refractivity contribution is 7.89. The Kier molecular flexibility index (Phi) is 4.35. The van der Waals surface area contributed by atoms with Crippen LogP contribution in [-0.4, -0.2) is 21.3 Å². The van der Waals surface area contributed by atoms with E-state index in [4.69, 9.17) is 26.2 Å². The van der Waals surface area contributed by atoms with Gasteiger partial charge in [-0.2, -0.15) is 0 Å². The van der Waals surface area contributed by atoms with Gasteiger partial charge in [-0.3, -0.25) is 0 Å². The predicted octanol–water partition coefficient (Wildman–Crippen LogP) is 2.81. The third kappa shape index (κ3) is 3.16. The second-order valence-electron chi connectivity index (χ2n) is 6.68. The molecule has 2 aromatic rings. The van der Waals surface area contributed by atoms with Crippen molar-refractivity contribution in [3.05, 3.63) is 52.0 Å². The van der Waals surface area contributed by atoms with Gasteiger partial charge in [0.15, 0.2) is 6.79 Å². The van der Waals surface area contributed by atoms with Gasteiger partial charge in [-0.25, -0.2) is 13.6 Å². The number of benzene rings is 2. The first-order valence-corrected chi connectivity index (χ1v) is 10.2. The first kappa shape index (κ1) is 17.6. The molecule has 2 aliphatic rings. The summed E-state index contributed by atoms with van der Waals surface area (Å²) in [5, 5.41) is 5.90. The first-order valence-electron chi connectivity index (χ1n) is 8.27. The van der Waals surface area contributed by atoms with Crippen molar-refractivity contribution in [3.8, 4) is 5.75 Å². The zero-order chi connectivity index (χ0) is 18.5. The smallest absolute Gasteiger partial charge is 0.238 e. The van der Waals surface area contributed by atoms with Gasteiger partial charge in [-0.05, 0) is 49.2 Å². The van der Waals surface area contributed by atoms with Crippen LogP contribution in [0.25, 0.3) is 0 Å². The number of hydrogen-bond acceptors (Lipinski definition) is 5. The molecule has 4 rings (SSSR count). The molecule has 26 heavy (non-hydrogen) atoms. The van der Waals surface area contributed by atoms with Crippen LogP contribution < -0.4 is 14.8 Å². The molecular weight excluding hydrogens is 376 g/mol. The second-order valence-corrected chi connectivity index (χ2v) is 8.68. The van der Waals surface area contributed by atoms with Crippen molar-refractivity contribution in [3.63, 3.8) is 0 Å². The SMILES string of the molecule is C[C@@H]1Cc2cc(S(N)(=O)=O)ccc2N1Cc1cc(Cl)cc2c1OCOC2. The number of halogens is 1. The van der Waals surface area contributed by atoms with Crippen molar-refractivity contribution in [2.24, 2.45) is 5.14 Å². The molecule has 6 nitrogen and oxygen atoms in total. The Morgan fingerprint density at radius 2 is 2.08 bits per heavy atom. The van der Waals surface area contributed by atoms with Crippen LogP contribution in [0.15, 0.2) is 35.2 Å². The van der Waals surface area contributed by atoms with Crippen LogP contribution in [0.2, 0.25) is 5.02 Å². The topological polar surface area (TPSA) is 81.9 Å². The molecule has 2 aliphatic heterocycles. The fraction of sp³-hybridized carbons (Fsp3) is 0.333. The summed E-state index contributed by atoms with van der Waals surface area (Å²) >= 11 is 6.26. The number of anilines is 1. The lowest BCUT2D eigenvalue weighted by atomic mass is 10.1. The molecule has 0 fully saturated rings. The Hall–Kier alpha value is -1.80. The summed E-state index contributed by atoms with van der Waals surface area (Å²) in [5.41, 5.74) is 3.91. The zero-order valence-corrected chi connectivity index (χ0v) is 15.8. The molecule has 2 aromatic carbocycles. The van der Waals surface area contributed by atoms with Crippen molar-refractivity contribution in [2.45, 2.75) is 37.4 Å². The molecule has 0 saturated carbocycles. The fourth-order valence-corrected chi connectivity index (χ4v) is 4.47. The summed E-state index contributed by atoms with van der Waals surface area (Å²) in [6.45, 7) is 3.43. The van der Waals surface area contributed by atoms with E-state index < -0.39 is 10.0 Å². The molecule has 0 bridgehead atoms. The Bertz CT molecular complexity index is 977. The van der Waals surface area contributed by atoms with Crippen LogP contribution in [0.1, 0.15) is 23.6 Å². The van der Waals surface area contributed by atoms with Crippen molar-refractivity contribution in [1.29, 1.82) is 0 Å². The van der Waals surface area contributed by atoms with Gasteiger partial charge >= 0.3 is 0 Å². The molecular formula is C18H19ClN2O4S. The maximum absolute atomic E-state index is 11.6. The average Bonchev–Trinajstić information content (AvgIpc) is 2.89. The number of primary sulfonamides is 1. The van der Waals surface area contributed by atoms with Gasteiger partial charge in [0.25, 0.3) is 0 Å². The minimum atomic E-state index is -3.71. The maximum Gasteiger partial charge on any atom is 0.238 e. The molecule has 2 N–H and O–H groups in total. The van der Waals surface area contributed by atoms with Crippen LogP contribution in [0.4, 0.5) is 5.69 Å². The first-order chi connectivity index (χ1) is 12.3. The summed E-state index contributed by atoms with van der Waals surface area (Å²) in [6.07, 6.45) is 0.755. The largest absolute Gasteiger partial charge is 0.467 e. The normalized spacial score (nSPS) is 19.0. The van der Waals surface area contributed by atoms with E-state index in [2.05, 4.69) is 11.8 Å². The van der Waals surface area contributed by atoms with E-state index in [1.807, 2.05) is 18.2 Å². The summed E-state index contributed by atoms with van der Waals surface area (Å²) < 4.78 is 34.3. The van der Waals surface area contributed by atoms with Crippen LogP contribution in [0, 0.1) is 0 Å². The average molecular weight is 395 g/mol. The third-order valence-corrected chi connectivity index (χ3v) is 5.96. The molecule has 0 unspecified atom stereocenters. The van der Waals surface area contributed by atoms with Crippen molar-refractivity contribution in [1.82, 2.24) is 0 Å². The highest BCUT2D eigenvalue weighted by Gasteiger charge is 2.29. The monoisotopic (exact) mass is 394 g/mol. The Morgan fingerprint density at radius 1 is 1.27 bits per heavy atom. The number of ether oxygens (including phenoxy) is 2. The molecule has 0 spiro atoms. The van der Waals surface area contributed by atoms with E-state index in [0.29, 0.717) is 18.2 Å². The van der Waals surface area contributed by atoms with E-state index in [-0.39, 0.29) is 17.7 Å². The van der Waals surface area contributed by atoms with Gasteiger partial charge in [-0.15, -0.1) is 0 Å². The maximum atomic E-state index is 11.6. The Morgan fingerprint density at radius 3 is 2.85 bits per heavy atom. The van der Waals surface area contributed by atoms with E-state index in [1.54, 1.807) is 12.1 Å². The number of fused-ring (bicyclic) bond motifs is 2. The van der Waals surface area contributed by atoms with Gasteiger partial charge in [0, 0.05) is 34.4 Å². The zero-order valence-electron chi connectivity index (χ0n) is 14.2. The third-order valence-electron chi connectivity index (χ3n) is 4.83. The second kappa shape index (κ2) is 6.42. The van der Waals surface area contributed by atoms with E-state index in [1.165, 1.54) is 0 Å². The van der Waals surface area contributed by atoms with Gasteiger partial charge < -0.3 is 14.4 Å². The minimum absolute atomic E-state index is 0.144. The predicted molar refractivity (Wildman–Crippen MR) is 98.9 cm³/mol.